The first-order valence-corrected chi connectivity index (χ1v) is 7.70. The van der Waals surface area contributed by atoms with Gasteiger partial charge in [-0.3, -0.25) is 14.2 Å². The third-order valence-electron chi connectivity index (χ3n) is 3.56. The van der Waals surface area contributed by atoms with E-state index in [0.29, 0.717) is 21.6 Å². The number of hydrogen-bond donors (Lipinski definition) is 2. The van der Waals surface area contributed by atoms with E-state index < -0.39 is 11.2 Å². The molecule has 7 heteroatoms. The number of H-pyrrole nitrogens is 1. The summed E-state index contributed by atoms with van der Waals surface area (Å²) in [4.78, 5) is 39.0. The van der Waals surface area contributed by atoms with Gasteiger partial charge in [-0.2, -0.15) is 0 Å². The molecular formula is C17H14ClN3O3. The molecule has 0 bridgehead atoms. The lowest BCUT2D eigenvalue weighted by molar-refractivity contribution is -0.116. The first-order valence-electron chi connectivity index (χ1n) is 7.32. The lowest BCUT2D eigenvalue weighted by Gasteiger charge is -2.08. The van der Waals surface area contributed by atoms with Crippen LogP contribution in [-0.4, -0.2) is 15.5 Å². The topological polar surface area (TPSA) is 84.0 Å². The van der Waals surface area contributed by atoms with Gasteiger partial charge in [-0.1, -0.05) is 29.8 Å². The molecule has 0 saturated carbocycles. The van der Waals surface area contributed by atoms with E-state index in [1.54, 1.807) is 48.5 Å². The molecule has 0 aliphatic rings. The number of carbonyl (C=O) groups is 1. The predicted octanol–water partition coefficient (Wildman–Crippen LogP) is 2.37. The maximum absolute atomic E-state index is 12.4. The van der Waals surface area contributed by atoms with Crippen molar-refractivity contribution in [3.63, 3.8) is 0 Å². The number of anilines is 1. The highest BCUT2D eigenvalue weighted by Gasteiger charge is 2.09. The van der Waals surface area contributed by atoms with Crippen LogP contribution in [0.1, 0.15) is 6.42 Å². The number of carbonyl (C=O) groups excluding carboxylic acids is 1. The molecule has 6 nitrogen and oxygen atoms in total. The van der Waals surface area contributed by atoms with Gasteiger partial charge in [0.15, 0.2) is 0 Å². The third kappa shape index (κ3) is 3.38. The van der Waals surface area contributed by atoms with Crippen molar-refractivity contribution in [2.75, 3.05) is 5.32 Å². The summed E-state index contributed by atoms with van der Waals surface area (Å²) >= 11 is 5.86. The van der Waals surface area contributed by atoms with Gasteiger partial charge in [0.1, 0.15) is 0 Å². The fraction of sp³-hybridized carbons (Fsp3) is 0.118. The zero-order chi connectivity index (χ0) is 17.1. The third-order valence-corrected chi connectivity index (χ3v) is 3.80. The quantitative estimate of drug-likeness (QED) is 0.762. The van der Waals surface area contributed by atoms with Gasteiger partial charge in [-0.15, -0.1) is 0 Å². The summed E-state index contributed by atoms with van der Waals surface area (Å²) in [7, 11) is 0. The molecule has 0 aliphatic carbocycles. The molecule has 3 aromatic rings. The van der Waals surface area contributed by atoms with Crippen LogP contribution in [0, 0.1) is 0 Å². The highest BCUT2D eigenvalue weighted by atomic mass is 35.5. The van der Waals surface area contributed by atoms with E-state index in [4.69, 9.17) is 11.6 Å². The second kappa shape index (κ2) is 6.72. The summed E-state index contributed by atoms with van der Waals surface area (Å²) < 4.78 is 1.03. The van der Waals surface area contributed by atoms with Crippen molar-refractivity contribution in [3.8, 4) is 0 Å². The van der Waals surface area contributed by atoms with Gasteiger partial charge in [0.05, 0.1) is 10.9 Å². The molecule has 0 atom stereocenters. The molecule has 0 spiro atoms. The summed E-state index contributed by atoms with van der Waals surface area (Å²) in [5, 5.41) is 3.60. The Morgan fingerprint density at radius 2 is 1.92 bits per heavy atom. The standard InChI is InChI=1S/C17H14ClN3O3/c18-11-4-3-5-12(10-11)19-15(22)8-9-21-16(23)13-6-1-2-7-14(13)20-17(21)24/h1-7,10H,8-9H2,(H,19,22)(H,20,24). The zero-order valence-corrected chi connectivity index (χ0v) is 13.3. The van der Waals surface area contributed by atoms with E-state index in [1.807, 2.05) is 0 Å². The monoisotopic (exact) mass is 343 g/mol. The number of nitrogens with zero attached hydrogens (tertiary/aromatic N) is 1. The van der Waals surface area contributed by atoms with Gasteiger partial charge >= 0.3 is 5.69 Å². The summed E-state index contributed by atoms with van der Waals surface area (Å²) in [6.45, 7) is -0.00853. The lowest BCUT2D eigenvalue weighted by atomic mass is 10.2. The molecule has 1 heterocycles. The van der Waals surface area contributed by atoms with E-state index in [2.05, 4.69) is 10.3 Å². The molecule has 24 heavy (non-hydrogen) atoms. The highest BCUT2D eigenvalue weighted by molar-refractivity contribution is 6.30. The molecule has 3 rings (SSSR count). The van der Waals surface area contributed by atoms with Crippen LogP contribution in [0.25, 0.3) is 10.9 Å². The van der Waals surface area contributed by atoms with Gasteiger partial charge in [-0.05, 0) is 30.3 Å². The number of rotatable bonds is 4. The number of aromatic amines is 1. The molecule has 2 N–H and O–H groups in total. The summed E-state index contributed by atoms with van der Waals surface area (Å²) in [5.41, 5.74) is 0.0959. The smallest absolute Gasteiger partial charge is 0.326 e. The van der Waals surface area contributed by atoms with E-state index >= 15 is 0 Å². The van der Waals surface area contributed by atoms with Crippen molar-refractivity contribution >= 4 is 34.1 Å². The molecule has 2 aromatic carbocycles. The van der Waals surface area contributed by atoms with Crippen molar-refractivity contribution < 1.29 is 4.79 Å². The van der Waals surface area contributed by atoms with E-state index in [9.17, 15) is 14.4 Å². The van der Waals surface area contributed by atoms with Crippen LogP contribution in [0.15, 0.2) is 58.1 Å². The van der Waals surface area contributed by atoms with E-state index in [0.717, 1.165) is 4.57 Å². The maximum Gasteiger partial charge on any atom is 0.328 e. The molecule has 0 saturated heterocycles. The minimum atomic E-state index is -0.533. The lowest BCUT2D eigenvalue weighted by Crippen LogP contribution is -2.36. The second-order valence-electron chi connectivity index (χ2n) is 5.24. The number of benzene rings is 2. The van der Waals surface area contributed by atoms with E-state index in [-0.39, 0.29) is 18.9 Å². The Bertz CT molecular complexity index is 1020. The summed E-state index contributed by atoms with van der Waals surface area (Å²) in [6.07, 6.45) is -0.00611. The Hall–Kier alpha value is -2.86. The van der Waals surface area contributed by atoms with Crippen LogP contribution < -0.4 is 16.6 Å². The molecule has 1 aromatic heterocycles. The zero-order valence-electron chi connectivity index (χ0n) is 12.6. The number of nitrogens with one attached hydrogen (secondary N) is 2. The summed E-state index contributed by atoms with van der Waals surface area (Å²) in [5.74, 6) is -0.309. The van der Waals surface area contributed by atoms with Crippen molar-refractivity contribution in [1.82, 2.24) is 9.55 Å². The molecule has 0 radical (unpaired) electrons. The molecule has 0 unspecified atom stereocenters. The normalized spacial score (nSPS) is 10.7. The average molecular weight is 344 g/mol. The van der Waals surface area contributed by atoms with E-state index in [1.165, 1.54) is 0 Å². The molecule has 1 amide bonds. The number of hydrogen-bond acceptors (Lipinski definition) is 3. The maximum atomic E-state index is 12.4. The van der Waals surface area contributed by atoms with Gasteiger partial charge in [0.25, 0.3) is 5.56 Å². The fourth-order valence-corrected chi connectivity index (χ4v) is 2.60. The number of amides is 1. The Morgan fingerprint density at radius 3 is 2.71 bits per heavy atom. The minimum absolute atomic E-state index is 0.00611. The Morgan fingerprint density at radius 1 is 1.12 bits per heavy atom. The van der Waals surface area contributed by atoms with Gasteiger partial charge in [0.2, 0.25) is 5.91 Å². The van der Waals surface area contributed by atoms with Crippen molar-refractivity contribution in [3.05, 3.63) is 74.4 Å². The Balaban J connectivity index is 1.77. The molecule has 0 fully saturated rings. The molecular weight excluding hydrogens is 330 g/mol. The molecule has 0 aliphatic heterocycles. The number of aromatic nitrogens is 2. The van der Waals surface area contributed by atoms with Crippen molar-refractivity contribution in [2.45, 2.75) is 13.0 Å². The van der Waals surface area contributed by atoms with Crippen LogP contribution in [0.3, 0.4) is 0 Å². The number of para-hydroxylation sites is 1. The van der Waals surface area contributed by atoms with Crippen LogP contribution in [-0.2, 0) is 11.3 Å². The largest absolute Gasteiger partial charge is 0.328 e. The van der Waals surface area contributed by atoms with Crippen LogP contribution >= 0.6 is 11.6 Å². The van der Waals surface area contributed by atoms with Crippen molar-refractivity contribution in [2.24, 2.45) is 0 Å². The van der Waals surface area contributed by atoms with Crippen LogP contribution in [0.5, 0.6) is 0 Å². The molecule has 122 valence electrons. The number of fused-ring (bicyclic) bond motifs is 1. The van der Waals surface area contributed by atoms with Gasteiger partial charge < -0.3 is 10.3 Å². The second-order valence-corrected chi connectivity index (χ2v) is 5.68. The first kappa shape index (κ1) is 16.0. The van der Waals surface area contributed by atoms with Gasteiger partial charge in [0, 0.05) is 23.7 Å². The Labute approximate surface area is 141 Å². The highest BCUT2D eigenvalue weighted by Crippen LogP contribution is 2.15. The van der Waals surface area contributed by atoms with Crippen molar-refractivity contribution in [1.29, 1.82) is 0 Å². The van der Waals surface area contributed by atoms with Crippen LogP contribution in [0.2, 0.25) is 5.02 Å². The average Bonchev–Trinajstić information content (AvgIpc) is 2.54. The van der Waals surface area contributed by atoms with Crippen LogP contribution in [0.4, 0.5) is 5.69 Å². The predicted molar refractivity (Wildman–Crippen MR) is 93.5 cm³/mol. The minimum Gasteiger partial charge on any atom is -0.326 e. The fourth-order valence-electron chi connectivity index (χ4n) is 2.41. The summed E-state index contributed by atoms with van der Waals surface area (Å²) in [6, 6.07) is 13.5. The number of halogens is 1. The Kier molecular flexibility index (Phi) is 4.48. The first-order chi connectivity index (χ1) is 11.5. The SMILES string of the molecule is O=C(CCn1c(=O)[nH]c2ccccc2c1=O)Nc1cccc(Cl)c1. The van der Waals surface area contributed by atoms with Gasteiger partial charge in [-0.25, -0.2) is 4.79 Å².